The van der Waals surface area contributed by atoms with E-state index < -0.39 is 0 Å². The monoisotopic (exact) mass is 201 g/mol. The molecule has 1 aromatic heterocycles. The molecular formula is C13H17N2+. The number of aryl methyl sites for hydroxylation is 2. The first-order valence-electron chi connectivity index (χ1n) is 5.80. The Hall–Kier alpha value is -1.28. The van der Waals surface area contributed by atoms with Gasteiger partial charge in [-0.3, -0.25) is 0 Å². The fourth-order valence-corrected chi connectivity index (χ4v) is 2.61. The number of rotatable bonds is 1. The molecule has 3 rings (SSSR count). The lowest BCUT2D eigenvalue weighted by Gasteiger charge is -2.10. The Bertz CT molecular complexity index is 496. The maximum Gasteiger partial charge on any atom is 0.0997 e. The summed E-state index contributed by atoms with van der Waals surface area (Å²) in [5.41, 5.74) is 9.63. The highest BCUT2D eigenvalue weighted by atomic mass is 14.7. The molecule has 0 aliphatic heterocycles. The first-order valence-corrected chi connectivity index (χ1v) is 5.80. The quantitative estimate of drug-likeness (QED) is 0.706. The average molecular weight is 201 g/mol. The fourth-order valence-electron chi connectivity index (χ4n) is 2.61. The standard InChI is InChI=1S/C13H16N2/c14-8-9-5-6-13-11(7-9)10-3-1-2-4-12(10)15-13/h5-7,15H,1-4,8,14H2/p+1. The molecule has 2 aromatic rings. The second-order valence-electron chi connectivity index (χ2n) is 4.42. The number of quaternary nitrogens is 1. The lowest BCUT2D eigenvalue weighted by atomic mass is 9.95. The van der Waals surface area contributed by atoms with E-state index in [9.17, 15) is 0 Å². The Morgan fingerprint density at radius 2 is 2.07 bits per heavy atom. The van der Waals surface area contributed by atoms with Crippen LogP contribution in [0.3, 0.4) is 0 Å². The summed E-state index contributed by atoms with van der Waals surface area (Å²) in [4.78, 5) is 3.55. The Morgan fingerprint density at radius 1 is 1.20 bits per heavy atom. The van der Waals surface area contributed by atoms with Crippen LogP contribution in [0.15, 0.2) is 18.2 Å². The van der Waals surface area contributed by atoms with Gasteiger partial charge >= 0.3 is 0 Å². The number of hydrogen-bond donors (Lipinski definition) is 2. The van der Waals surface area contributed by atoms with Crippen LogP contribution in [-0.4, -0.2) is 4.98 Å². The van der Waals surface area contributed by atoms with Gasteiger partial charge in [0.25, 0.3) is 0 Å². The molecule has 0 spiro atoms. The summed E-state index contributed by atoms with van der Waals surface area (Å²) >= 11 is 0. The molecule has 0 atom stereocenters. The second kappa shape index (κ2) is 3.38. The topological polar surface area (TPSA) is 43.4 Å². The number of aromatic amines is 1. The fraction of sp³-hybridized carbons (Fsp3) is 0.385. The molecular weight excluding hydrogens is 184 g/mol. The molecule has 2 nitrogen and oxygen atoms in total. The minimum Gasteiger partial charge on any atom is -0.358 e. The van der Waals surface area contributed by atoms with Gasteiger partial charge in [0, 0.05) is 22.2 Å². The lowest BCUT2D eigenvalue weighted by molar-refractivity contribution is -0.386. The summed E-state index contributed by atoms with van der Waals surface area (Å²) < 4.78 is 0. The zero-order chi connectivity index (χ0) is 10.3. The molecule has 0 radical (unpaired) electrons. The molecule has 2 heteroatoms. The maximum absolute atomic E-state index is 3.95. The normalized spacial score (nSPS) is 15.5. The van der Waals surface area contributed by atoms with Gasteiger partial charge in [-0.25, -0.2) is 0 Å². The predicted octanol–water partition coefficient (Wildman–Crippen LogP) is 1.79. The van der Waals surface area contributed by atoms with Crippen molar-refractivity contribution in [3.63, 3.8) is 0 Å². The zero-order valence-corrected chi connectivity index (χ0v) is 8.97. The third-order valence-corrected chi connectivity index (χ3v) is 3.45. The minimum absolute atomic E-state index is 0.885. The largest absolute Gasteiger partial charge is 0.358 e. The molecule has 4 N–H and O–H groups in total. The molecule has 0 amide bonds. The highest BCUT2D eigenvalue weighted by Crippen LogP contribution is 2.29. The molecule has 1 heterocycles. The van der Waals surface area contributed by atoms with Gasteiger partial charge < -0.3 is 10.7 Å². The van der Waals surface area contributed by atoms with Gasteiger partial charge in [0.05, 0.1) is 6.54 Å². The Labute approximate surface area is 89.5 Å². The summed E-state index contributed by atoms with van der Waals surface area (Å²) in [5.74, 6) is 0. The second-order valence-corrected chi connectivity index (χ2v) is 4.42. The van der Waals surface area contributed by atoms with Crippen LogP contribution in [-0.2, 0) is 19.4 Å². The molecule has 0 bridgehead atoms. The van der Waals surface area contributed by atoms with Crippen LogP contribution in [0.25, 0.3) is 10.9 Å². The smallest absolute Gasteiger partial charge is 0.0997 e. The van der Waals surface area contributed by atoms with Crippen molar-refractivity contribution >= 4 is 10.9 Å². The highest BCUT2D eigenvalue weighted by Gasteiger charge is 2.15. The summed E-state index contributed by atoms with van der Waals surface area (Å²) in [6.07, 6.45) is 5.15. The van der Waals surface area contributed by atoms with E-state index >= 15 is 0 Å². The molecule has 1 aromatic carbocycles. The Morgan fingerprint density at radius 3 is 2.93 bits per heavy atom. The van der Waals surface area contributed by atoms with Crippen molar-refractivity contribution in [3.05, 3.63) is 35.0 Å². The van der Waals surface area contributed by atoms with E-state index in [-0.39, 0.29) is 0 Å². The van der Waals surface area contributed by atoms with Crippen LogP contribution in [0.5, 0.6) is 0 Å². The van der Waals surface area contributed by atoms with Crippen LogP contribution >= 0.6 is 0 Å². The van der Waals surface area contributed by atoms with Crippen LogP contribution in [0.2, 0.25) is 0 Å². The highest BCUT2D eigenvalue weighted by molar-refractivity contribution is 5.85. The number of benzene rings is 1. The van der Waals surface area contributed by atoms with Gasteiger partial charge in [0.1, 0.15) is 0 Å². The molecule has 0 fully saturated rings. The molecule has 15 heavy (non-hydrogen) atoms. The van der Waals surface area contributed by atoms with E-state index in [0.717, 1.165) is 6.54 Å². The number of hydrogen-bond acceptors (Lipinski definition) is 0. The number of H-pyrrole nitrogens is 1. The summed E-state index contributed by atoms with van der Waals surface area (Å²) in [5, 5.41) is 1.44. The van der Waals surface area contributed by atoms with Crippen molar-refractivity contribution < 1.29 is 5.73 Å². The van der Waals surface area contributed by atoms with E-state index in [1.54, 1.807) is 5.56 Å². The van der Waals surface area contributed by atoms with Crippen LogP contribution in [0.4, 0.5) is 0 Å². The first kappa shape index (κ1) is 8.98. The van der Waals surface area contributed by atoms with E-state index in [1.165, 1.54) is 47.8 Å². The van der Waals surface area contributed by atoms with Gasteiger partial charge in [-0.05, 0) is 43.4 Å². The van der Waals surface area contributed by atoms with Crippen LogP contribution in [0.1, 0.15) is 29.7 Å². The molecule has 0 saturated carbocycles. The molecule has 0 unspecified atom stereocenters. The summed E-state index contributed by atoms with van der Waals surface area (Å²) in [6.45, 7) is 0.885. The Balaban J connectivity index is 2.24. The summed E-state index contributed by atoms with van der Waals surface area (Å²) in [6, 6.07) is 6.69. The van der Waals surface area contributed by atoms with Gasteiger partial charge in [-0.2, -0.15) is 0 Å². The van der Waals surface area contributed by atoms with Crippen molar-refractivity contribution in [3.8, 4) is 0 Å². The maximum atomic E-state index is 3.95. The molecule has 1 aliphatic rings. The average Bonchev–Trinajstić information content (AvgIpc) is 2.66. The van der Waals surface area contributed by atoms with Gasteiger partial charge in [-0.15, -0.1) is 0 Å². The number of nitrogens with one attached hydrogen (secondary N) is 1. The number of aromatic nitrogens is 1. The van der Waals surface area contributed by atoms with E-state index in [0.29, 0.717) is 0 Å². The van der Waals surface area contributed by atoms with Crippen LogP contribution < -0.4 is 5.73 Å². The van der Waals surface area contributed by atoms with Crippen molar-refractivity contribution in [2.24, 2.45) is 0 Å². The third-order valence-electron chi connectivity index (χ3n) is 3.45. The van der Waals surface area contributed by atoms with E-state index in [1.807, 2.05) is 0 Å². The third kappa shape index (κ3) is 1.37. The Kier molecular flexibility index (Phi) is 2.03. The lowest BCUT2D eigenvalue weighted by Crippen LogP contribution is -2.47. The molecule has 78 valence electrons. The van der Waals surface area contributed by atoms with E-state index in [2.05, 4.69) is 28.9 Å². The van der Waals surface area contributed by atoms with Crippen molar-refractivity contribution in [2.45, 2.75) is 32.2 Å². The molecule has 1 aliphatic carbocycles. The van der Waals surface area contributed by atoms with Crippen molar-refractivity contribution in [1.82, 2.24) is 4.98 Å². The predicted molar refractivity (Wildman–Crippen MR) is 61.5 cm³/mol. The minimum atomic E-state index is 0.885. The van der Waals surface area contributed by atoms with Gasteiger partial charge in [0.2, 0.25) is 0 Å². The van der Waals surface area contributed by atoms with Crippen molar-refractivity contribution in [2.75, 3.05) is 0 Å². The zero-order valence-electron chi connectivity index (χ0n) is 8.97. The van der Waals surface area contributed by atoms with E-state index in [4.69, 9.17) is 0 Å². The first-order chi connectivity index (χ1) is 7.38. The SMILES string of the molecule is [NH3+]Cc1ccc2[nH]c3c(c2c1)CCCC3. The number of fused-ring (bicyclic) bond motifs is 3. The van der Waals surface area contributed by atoms with Gasteiger partial charge in [-0.1, -0.05) is 6.07 Å². The van der Waals surface area contributed by atoms with Crippen LogP contribution in [0, 0.1) is 0 Å². The molecule has 0 saturated heterocycles. The van der Waals surface area contributed by atoms with Gasteiger partial charge in [0.15, 0.2) is 0 Å². The van der Waals surface area contributed by atoms with Crippen molar-refractivity contribution in [1.29, 1.82) is 0 Å². The summed E-state index contributed by atoms with van der Waals surface area (Å²) in [7, 11) is 0.